The quantitative estimate of drug-likeness (QED) is 0.867. The van der Waals surface area contributed by atoms with E-state index in [1.165, 1.54) is 32.1 Å². The number of Topliss-reactive ketones (excluding diaryl/α,β-unsaturated/α-hetero) is 1. The molecule has 1 spiro atoms. The number of hydrogen-bond donors (Lipinski definition) is 1. The largest absolute Gasteiger partial charge is 0.375 e. The molecule has 0 aromatic rings. The molecule has 2 aliphatic heterocycles. The molecule has 2 atom stereocenters. The Labute approximate surface area is 129 Å². The van der Waals surface area contributed by atoms with Crippen LogP contribution in [0.5, 0.6) is 0 Å². The molecule has 0 aromatic carbocycles. The van der Waals surface area contributed by atoms with E-state index < -0.39 is 0 Å². The molecule has 0 radical (unpaired) electrons. The van der Waals surface area contributed by atoms with Crippen molar-refractivity contribution < 1.29 is 9.53 Å². The fourth-order valence-corrected chi connectivity index (χ4v) is 4.90. The van der Waals surface area contributed by atoms with Crippen molar-refractivity contribution in [1.82, 2.24) is 5.32 Å². The topological polar surface area (TPSA) is 38.3 Å². The molecule has 3 rings (SSSR count). The van der Waals surface area contributed by atoms with Gasteiger partial charge in [0.05, 0.1) is 5.60 Å². The molecular weight excluding hydrogens is 262 g/mol. The van der Waals surface area contributed by atoms with Crippen molar-refractivity contribution in [2.24, 2.45) is 17.3 Å². The van der Waals surface area contributed by atoms with Crippen LogP contribution in [0, 0.1) is 17.3 Å². The van der Waals surface area contributed by atoms with Crippen LogP contribution in [0.1, 0.15) is 65.2 Å². The lowest BCUT2D eigenvalue weighted by Crippen LogP contribution is -2.49. The molecule has 0 amide bonds. The van der Waals surface area contributed by atoms with E-state index in [9.17, 15) is 4.79 Å². The zero-order valence-corrected chi connectivity index (χ0v) is 13.7. The van der Waals surface area contributed by atoms with Gasteiger partial charge in [-0.2, -0.15) is 0 Å². The molecule has 0 bridgehead atoms. The number of nitrogens with one attached hydrogen (secondary N) is 1. The monoisotopic (exact) mass is 293 g/mol. The summed E-state index contributed by atoms with van der Waals surface area (Å²) < 4.78 is 6.18. The fourth-order valence-electron chi connectivity index (χ4n) is 4.90. The Balaban J connectivity index is 1.74. The average molecular weight is 293 g/mol. The summed E-state index contributed by atoms with van der Waals surface area (Å²) >= 11 is 0. The maximum Gasteiger partial charge on any atom is 0.143 e. The normalized spacial score (nSPS) is 36.2. The standard InChI is InChI=1S/C18H31NO2/c1-14(2)18(9-10-19-13-18)16(20)15-6-11-21-17(12-15)7-4-3-5-8-17/h14-15,19H,3-13H2,1-2H3. The summed E-state index contributed by atoms with van der Waals surface area (Å²) in [6.07, 6.45) is 9.18. The van der Waals surface area contributed by atoms with Gasteiger partial charge in [-0.15, -0.1) is 0 Å². The maximum absolute atomic E-state index is 13.3. The third kappa shape index (κ3) is 2.79. The first-order chi connectivity index (χ1) is 10.1. The van der Waals surface area contributed by atoms with Crippen LogP contribution < -0.4 is 5.32 Å². The highest BCUT2D eigenvalue weighted by Gasteiger charge is 2.49. The zero-order valence-electron chi connectivity index (χ0n) is 13.7. The highest BCUT2D eigenvalue weighted by molar-refractivity contribution is 5.88. The van der Waals surface area contributed by atoms with Crippen molar-refractivity contribution in [3.05, 3.63) is 0 Å². The Kier molecular flexibility index (Phi) is 4.42. The van der Waals surface area contributed by atoms with Crippen molar-refractivity contribution in [3.8, 4) is 0 Å². The van der Waals surface area contributed by atoms with E-state index in [0.29, 0.717) is 11.7 Å². The summed E-state index contributed by atoms with van der Waals surface area (Å²) in [5.74, 6) is 1.21. The van der Waals surface area contributed by atoms with Gasteiger partial charge in [-0.05, 0) is 44.6 Å². The Morgan fingerprint density at radius 3 is 2.57 bits per heavy atom. The summed E-state index contributed by atoms with van der Waals surface area (Å²) in [5.41, 5.74) is -0.0705. The molecule has 2 unspecified atom stereocenters. The molecule has 3 heteroatoms. The predicted molar refractivity (Wildman–Crippen MR) is 84.3 cm³/mol. The number of rotatable bonds is 3. The van der Waals surface area contributed by atoms with Gasteiger partial charge in [-0.1, -0.05) is 33.1 Å². The summed E-state index contributed by atoms with van der Waals surface area (Å²) in [6.45, 7) is 7.12. The first kappa shape index (κ1) is 15.5. The Bertz CT molecular complexity index is 373. The van der Waals surface area contributed by atoms with Crippen molar-refractivity contribution in [2.75, 3.05) is 19.7 Å². The van der Waals surface area contributed by atoms with Gasteiger partial charge in [0, 0.05) is 24.5 Å². The summed E-state index contributed by atoms with van der Waals surface area (Å²) in [6, 6.07) is 0. The van der Waals surface area contributed by atoms with Gasteiger partial charge in [-0.25, -0.2) is 0 Å². The van der Waals surface area contributed by atoms with E-state index >= 15 is 0 Å². The van der Waals surface area contributed by atoms with E-state index in [0.717, 1.165) is 39.0 Å². The van der Waals surface area contributed by atoms with Gasteiger partial charge in [-0.3, -0.25) is 4.79 Å². The molecule has 1 saturated carbocycles. The lowest BCUT2D eigenvalue weighted by Gasteiger charge is -2.45. The first-order valence-electron chi connectivity index (χ1n) is 8.97. The number of carbonyl (C=O) groups is 1. The van der Waals surface area contributed by atoms with E-state index in [1.54, 1.807) is 0 Å². The third-order valence-electron chi connectivity index (χ3n) is 6.41. The van der Waals surface area contributed by atoms with Crippen molar-refractivity contribution in [1.29, 1.82) is 0 Å². The van der Waals surface area contributed by atoms with Crippen molar-refractivity contribution in [2.45, 2.75) is 70.8 Å². The van der Waals surface area contributed by atoms with Gasteiger partial charge >= 0.3 is 0 Å². The Morgan fingerprint density at radius 2 is 1.95 bits per heavy atom. The second-order valence-electron chi connectivity index (χ2n) is 7.88. The molecule has 3 fully saturated rings. The molecular formula is C18H31NO2. The summed E-state index contributed by atoms with van der Waals surface area (Å²) in [5, 5.41) is 3.43. The number of hydrogen-bond acceptors (Lipinski definition) is 3. The molecule has 120 valence electrons. The summed E-state index contributed by atoms with van der Waals surface area (Å²) in [4.78, 5) is 13.3. The van der Waals surface area contributed by atoms with Gasteiger partial charge in [0.25, 0.3) is 0 Å². The van der Waals surface area contributed by atoms with Gasteiger partial charge in [0.1, 0.15) is 5.78 Å². The Hall–Kier alpha value is -0.410. The number of carbonyl (C=O) groups excluding carboxylic acids is 1. The van der Waals surface area contributed by atoms with Gasteiger partial charge < -0.3 is 10.1 Å². The first-order valence-corrected chi connectivity index (χ1v) is 8.97. The minimum atomic E-state index is -0.113. The van der Waals surface area contributed by atoms with Crippen LogP contribution in [-0.2, 0) is 9.53 Å². The molecule has 1 aliphatic carbocycles. The van der Waals surface area contributed by atoms with Crippen LogP contribution in [0.4, 0.5) is 0 Å². The second kappa shape index (κ2) is 6.00. The molecule has 1 N–H and O–H groups in total. The highest BCUT2D eigenvalue weighted by Crippen LogP contribution is 2.45. The van der Waals surface area contributed by atoms with Gasteiger partial charge in [0.2, 0.25) is 0 Å². The molecule has 3 nitrogen and oxygen atoms in total. The lowest BCUT2D eigenvalue weighted by atomic mass is 9.65. The van der Waals surface area contributed by atoms with Gasteiger partial charge in [0.15, 0.2) is 0 Å². The minimum Gasteiger partial charge on any atom is -0.375 e. The maximum atomic E-state index is 13.3. The smallest absolute Gasteiger partial charge is 0.143 e. The average Bonchev–Trinajstić information content (AvgIpc) is 2.98. The molecule has 2 heterocycles. The predicted octanol–water partition coefficient (Wildman–Crippen LogP) is 3.32. The minimum absolute atomic E-state index is 0.0427. The zero-order chi connectivity index (χ0) is 14.9. The summed E-state index contributed by atoms with van der Waals surface area (Å²) in [7, 11) is 0. The van der Waals surface area contributed by atoms with Crippen LogP contribution in [0.15, 0.2) is 0 Å². The van der Waals surface area contributed by atoms with Crippen LogP contribution in [0.3, 0.4) is 0 Å². The van der Waals surface area contributed by atoms with Crippen molar-refractivity contribution >= 4 is 5.78 Å². The SMILES string of the molecule is CC(C)C1(C(=O)C2CCOC3(CCCCC3)C2)CCNC1. The molecule has 21 heavy (non-hydrogen) atoms. The molecule has 3 aliphatic rings. The second-order valence-corrected chi connectivity index (χ2v) is 7.88. The van der Waals surface area contributed by atoms with E-state index in [1.807, 2.05) is 0 Å². The van der Waals surface area contributed by atoms with E-state index in [2.05, 4.69) is 19.2 Å². The van der Waals surface area contributed by atoms with E-state index in [-0.39, 0.29) is 16.9 Å². The molecule has 2 saturated heterocycles. The lowest BCUT2D eigenvalue weighted by molar-refractivity contribution is -0.152. The van der Waals surface area contributed by atoms with Crippen LogP contribution >= 0.6 is 0 Å². The van der Waals surface area contributed by atoms with Crippen LogP contribution in [0.25, 0.3) is 0 Å². The third-order valence-corrected chi connectivity index (χ3v) is 6.41. The van der Waals surface area contributed by atoms with Crippen LogP contribution in [-0.4, -0.2) is 31.1 Å². The highest BCUT2D eigenvalue weighted by atomic mass is 16.5. The van der Waals surface area contributed by atoms with Crippen LogP contribution in [0.2, 0.25) is 0 Å². The Morgan fingerprint density at radius 1 is 1.19 bits per heavy atom. The van der Waals surface area contributed by atoms with E-state index in [4.69, 9.17) is 4.74 Å². The number of ether oxygens (including phenoxy) is 1. The molecule has 0 aromatic heterocycles. The number of ketones is 1. The fraction of sp³-hybridized carbons (Fsp3) is 0.944. The van der Waals surface area contributed by atoms with Crippen molar-refractivity contribution in [3.63, 3.8) is 0 Å².